The van der Waals surface area contributed by atoms with Crippen LogP contribution in [0.4, 0.5) is 9.59 Å². The minimum absolute atomic E-state index is 0.0927. The smallest absolute Gasteiger partial charge is 0.431 e. The Bertz CT molecular complexity index is 740. The minimum Gasteiger partial charge on any atom is -0.443 e. The molecule has 10 heteroatoms. The number of nitrogens with zero attached hydrogens (tertiary/aromatic N) is 2. The summed E-state index contributed by atoms with van der Waals surface area (Å²) >= 11 is 1.53. The van der Waals surface area contributed by atoms with Crippen molar-refractivity contribution in [3.63, 3.8) is 0 Å². The molecule has 0 radical (unpaired) electrons. The second-order valence-electron chi connectivity index (χ2n) is 8.27. The van der Waals surface area contributed by atoms with Gasteiger partial charge in [0, 0.05) is 18.0 Å². The molecule has 1 aromatic heterocycles. The highest BCUT2D eigenvalue weighted by molar-refractivity contribution is 8.02. The van der Waals surface area contributed by atoms with Crippen LogP contribution in [0.15, 0.2) is 29.9 Å². The van der Waals surface area contributed by atoms with E-state index in [-0.39, 0.29) is 12.0 Å². The largest absolute Gasteiger partial charge is 0.443 e. The van der Waals surface area contributed by atoms with Crippen LogP contribution in [-0.2, 0) is 20.9 Å². The molecule has 2 amide bonds. The number of carbonyl (C=O) groups excluding carboxylic acids is 2. The Morgan fingerprint density at radius 3 is 2.34 bits per heavy atom. The molecule has 160 valence electrons. The molecule has 0 saturated carbocycles. The fraction of sp³-hybridized carbons (Fsp3) is 0.526. The SMILES string of the molecule is CC(C)(C)OC(=O)NOCc1ccc(C2SC=CN2NC(=O)OC(C)(C)C)cn1. The summed E-state index contributed by atoms with van der Waals surface area (Å²) in [5, 5.41) is 3.38. The van der Waals surface area contributed by atoms with Crippen molar-refractivity contribution >= 4 is 23.9 Å². The predicted octanol–water partition coefficient (Wildman–Crippen LogP) is 4.00. The third-order valence-electron chi connectivity index (χ3n) is 3.21. The quantitative estimate of drug-likeness (QED) is 0.684. The molecular formula is C19H28N4O5S. The number of ether oxygens (including phenoxy) is 2. The lowest BCUT2D eigenvalue weighted by molar-refractivity contribution is -0.0145. The first-order chi connectivity index (χ1) is 13.4. The van der Waals surface area contributed by atoms with E-state index >= 15 is 0 Å². The van der Waals surface area contributed by atoms with E-state index in [1.165, 1.54) is 11.8 Å². The van der Waals surface area contributed by atoms with Crippen LogP contribution in [0.1, 0.15) is 58.2 Å². The van der Waals surface area contributed by atoms with Gasteiger partial charge in [-0.15, -0.1) is 11.8 Å². The van der Waals surface area contributed by atoms with Gasteiger partial charge in [-0.1, -0.05) is 6.07 Å². The normalized spacial score (nSPS) is 16.5. The van der Waals surface area contributed by atoms with E-state index in [1.54, 1.807) is 65.0 Å². The van der Waals surface area contributed by atoms with Gasteiger partial charge in [-0.25, -0.2) is 15.0 Å². The van der Waals surface area contributed by atoms with Crippen LogP contribution in [0.25, 0.3) is 0 Å². The van der Waals surface area contributed by atoms with Crippen molar-refractivity contribution in [1.29, 1.82) is 0 Å². The Kier molecular flexibility index (Phi) is 7.37. The maximum atomic E-state index is 12.0. The van der Waals surface area contributed by atoms with E-state index in [4.69, 9.17) is 14.3 Å². The predicted molar refractivity (Wildman–Crippen MR) is 109 cm³/mol. The number of amides is 2. The maximum Gasteiger partial charge on any atom is 0.431 e. The number of hydroxylamine groups is 1. The molecule has 2 N–H and O–H groups in total. The zero-order valence-electron chi connectivity index (χ0n) is 17.5. The topological polar surface area (TPSA) is 102 Å². The van der Waals surface area contributed by atoms with E-state index in [2.05, 4.69) is 15.9 Å². The van der Waals surface area contributed by atoms with Crippen LogP contribution in [0.5, 0.6) is 0 Å². The molecule has 1 atom stereocenters. The first-order valence-corrected chi connectivity index (χ1v) is 10.0. The molecule has 29 heavy (non-hydrogen) atoms. The lowest BCUT2D eigenvalue weighted by atomic mass is 10.2. The summed E-state index contributed by atoms with van der Waals surface area (Å²) in [6, 6.07) is 3.67. The average molecular weight is 425 g/mol. The number of hydrogen-bond donors (Lipinski definition) is 2. The van der Waals surface area contributed by atoms with Gasteiger partial charge >= 0.3 is 12.2 Å². The first kappa shape index (κ1) is 22.8. The zero-order chi connectivity index (χ0) is 21.7. The summed E-state index contributed by atoms with van der Waals surface area (Å²) in [4.78, 5) is 33.0. The number of thioether (sulfide) groups is 1. The van der Waals surface area contributed by atoms with Crippen LogP contribution in [0.3, 0.4) is 0 Å². The molecule has 2 heterocycles. The molecule has 1 aliphatic rings. The van der Waals surface area contributed by atoms with Gasteiger partial charge in [0.25, 0.3) is 0 Å². The van der Waals surface area contributed by atoms with E-state index in [0.29, 0.717) is 5.69 Å². The number of pyridine rings is 1. The lowest BCUT2D eigenvalue weighted by Gasteiger charge is -2.27. The maximum absolute atomic E-state index is 12.0. The molecule has 0 aliphatic carbocycles. The van der Waals surface area contributed by atoms with E-state index in [0.717, 1.165) is 5.56 Å². The molecule has 0 fully saturated rings. The second-order valence-corrected chi connectivity index (χ2v) is 9.26. The third kappa shape index (κ3) is 8.20. The number of hydrazine groups is 1. The fourth-order valence-corrected chi connectivity index (χ4v) is 3.10. The van der Waals surface area contributed by atoms with Gasteiger partial charge in [-0.3, -0.25) is 14.8 Å². The zero-order valence-corrected chi connectivity index (χ0v) is 18.3. The molecule has 1 unspecified atom stereocenters. The molecule has 0 saturated heterocycles. The molecule has 9 nitrogen and oxygen atoms in total. The number of nitrogens with one attached hydrogen (secondary N) is 2. The summed E-state index contributed by atoms with van der Waals surface area (Å²) in [6.45, 7) is 10.8. The van der Waals surface area contributed by atoms with E-state index in [1.807, 2.05) is 11.5 Å². The number of hydrogen-bond acceptors (Lipinski definition) is 8. The van der Waals surface area contributed by atoms with Crippen molar-refractivity contribution in [2.45, 2.75) is 64.7 Å². The molecule has 1 aliphatic heterocycles. The van der Waals surface area contributed by atoms with Crippen LogP contribution in [0, 0.1) is 0 Å². The fourth-order valence-electron chi connectivity index (χ4n) is 2.20. The monoisotopic (exact) mass is 424 g/mol. The Morgan fingerprint density at radius 2 is 1.76 bits per heavy atom. The van der Waals surface area contributed by atoms with Crippen LogP contribution >= 0.6 is 11.8 Å². The molecule has 0 bridgehead atoms. The van der Waals surface area contributed by atoms with Gasteiger partial charge in [-0.05, 0) is 53.0 Å². The van der Waals surface area contributed by atoms with Crippen molar-refractivity contribution in [2.75, 3.05) is 0 Å². The van der Waals surface area contributed by atoms with Crippen LogP contribution < -0.4 is 10.9 Å². The van der Waals surface area contributed by atoms with Gasteiger partial charge in [0.1, 0.15) is 23.2 Å². The first-order valence-electron chi connectivity index (χ1n) is 9.09. The standard InChI is InChI=1S/C19H28N4O5S/c1-18(2,3)27-16(24)21-23-9-10-29-15(23)13-7-8-14(20-11-13)12-26-22-17(25)28-19(4,5)6/h7-11,15H,12H2,1-6H3,(H,21,24)(H,22,25). The van der Waals surface area contributed by atoms with Gasteiger partial charge < -0.3 is 9.47 Å². The summed E-state index contributed by atoms with van der Waals surface area (Å²) in [7, 11) is 0. The molecule has 0 aromatic carbocycles. The molecular weight excluding hydrogens is 396 g/mol. The summed E-state index contributed by atoms with van der Waals surface area (Å²) in [6.07, 6.45) is 2.27. The highest BCUT2D eigenvalue weighted by Gasteiger charge is 2.26. The molecule has 0 spiro atoms. The van der Waals surface area contributed by atoms with Crippen molar-refractivity contribution < 1.29 is 23.9 Å². The van der Waals surface area contributed by atoms with Crippen molar-refractivity contribution in [3.8, 4) is 0 Å². The van der Waals surface area contributed by atoms with Crippen LogP contribution in [0.2, 0.25) is 0 Å². The van der Waals surface area contributed by atoms with Crippen LogP contribution in [-0.4, -0.2) is 33.4 Å². The highest BCUT2D eigenvalue weighted by atomic mass is 32.2. The number of aromatic nitrogens is 1. The van der Waals surface area contributed by atoms with E-state index in [9.17, 15) is 9.59 Å². The van der Waals surface area contributed by atoms with Gasteiger partial charge in [0.15, 0.2) is 0 Å². The Morgan fingerprint density at radius 1 is 1.10 bits per heavy atom. The summed E-state index contributed by atoms with van der Waals surface area (Å²) in [5.74, 6) is 0. The van der Waals surface area contributed by atoms with Gasteiger partial charge in [-0.2, -0.15) is 5.48 Å². The molecule has 2 rings (SSSR count). The van der Waals surface area contributed by atoms with Gasteiger partial charge in [0.2, 0.25) is 0 Å². The second kappa shape index (κ2) is 9.36. The Balaban J connectivity index is 1.86. The highest BCUT2D eigenvalue weighted by Crippen LogP contribution is 2.37. The number of carbonyl (C=O) groups is 2. The average Bonchev–Trinajstić information content (AvgIpc) is 3.00. The number of rotatable bonds is 5. The Hall–Kier alpha value is -2.46. The van der Waals surface area contributed by atoms with E-state index < -0.39 is 23.4 Å². The minimum atomic E-state index is -0.661. The Labute approximate surface area is 175 Å². The van der Waals surface area contributed by atoms with Crippen molar-refractivity contribution in [3.05, 3.63) is 41.2 Å². The van der Waals surface area contributed by atoms with Crippen molar-refractivity contribution in [1.82, 2.24) is 20.9 Å². The third-order valence-corrected chi connectivity index (χ3v) is 4.24. The summed E-state index contributed by atoms with van der Waals surface area (Å²) in [5.41, 5.74) is 5.28. The lowest BCUT2D eigenvalue weighted by Crippen LogP contribution is -2.41. The molecule has 1 aromatic rings. The van der Waals surface area contributed by atoms with Crippen molar-refractivity contribution in [2.24, 2.45) is 0 Å². The van der Waals surface area contributed by atoms with Gasteiger partial charge in [0.05, 0.1) is 5.69 Å². The summed E-state index contributed by atoms with van der Waals surface area (Å²) < 4.78 is 10.4.